The first-order valence-electron chi connectivity index (χ1n) is 4.81. The maximum absolute atomic E-state index is 9.78. The van der Waals surface area contributed by atoms with Gasteiger partial charge in [0, 0.05) is 7.05 Å². The highest BCUT2D eigenvalue weighted by atomic mass is 16.5. The first kappa shape index (κ1) is 11.2. The molecule has 0 radical (unpaired) electrons. The van der Waals surface area contributed by atoms with Crippen LogP contribution < -0.4 is 0 Å². The van der Waals surface area contributed by atoms with Crippen molar-refractivity contribution >= 4 is 0 Å². The van der Waals surface area contributed by atoms with Crippen LogP contribution in [-0.2, 0) is 11.8 Å². The fourth-order valence-corrected chi connectivity index (χ4v) is 1.31. The van der Waals surface area contributed by atoms with Crippen LogP contribution in [0, 0.1) is 6.92 Å². The number of aromatic nitrogens is 2. The molecule has 0 spiro atoms. The van der Waals surface area contributed by atoms with Gasteiger partial charge in [0.1, 0.15) is 6.10 Å². The van der Waals surface area contributed by atoms with Gasteiger partial charge in [-0.2, -0.15) is 5.10 Å². The van der Waals surface area contributed by atoms with Crippen LogP contribution >= 0.6 is 0 Å². The van der Waals surface area contributed by atoms with E-state index in [1.807, 2.05) is 33.9 Å². The fourth-order valence-electron chi connectivity index (χ4n) is 1.31. The quantitative estimate of drug-likeness (QED) is 0.790. The average Bonchev–Trinajstić information content (AvgIpc) is 2.41. The van der Waals surface area contributed by atoms with Crippen LogP contribution in [-0.4, -0.2) is 27.6 Å². The third kappa shape index (κ3) is 2.82. The standard InChI is InChI=1S/C10H18N2O2/c1-7(2)14-6-10(13)9-5-8(3)11-12(9)4/h5,7,10,13H,6H2,1-4H3. The highest BCUT2D eigenvalue weighted by molar-refractivity contribution is 5.11. The molecule has 1 aromatic heterocycles. The summed E-state index contributed by atoms with van der Waals surface area (Å²) < 4.78 is 7.02. The molecule has 0 aromatic carbocycles. The van der Waals surface area contributed by atoms with Gasteiger partial charge in [0.25, 0.3) is 0 Å². The zero-order valence-corrected chi connectivity index (χ0v) is 9.19. The Bertz CT molecular complexity index is 294. The summed E-state index contributed by atoms with van der Waals surface area (Å²) >= 11 is 0. The molecule has 0 saturated heterocycles. The third-order valence-corrected chi connectivity index (χ3v) is 1.97. The van der Waals surface area contributed by atoms with E-state index in [-0.39, 0.29) is 6.10 Å². The first-order chi connectivity index (χ1) is 6.50. The molecule has 0 amide bonds. The van der Waals surface area contributed by atoms with Gasteiger partial charge in [0.2, 0.25) is 0 Å². The van der Waals surface area contributed by atoms with E-state index in [2.05, 4.69) is 5.10 Å². The molecular formula is C10H18N2O2. The molecule has 1 rings (SSSR count). The molecule has 0 saturated carbocycles. The highest BCUT2D eigenvalue weighted by Crippen LogP contribution is 2.14. The minimum Gasteiger partial charge on any atom is -0.384 e. The third-order valence-electron chi connectivity index (χ3n) is 1.97. The van der Waals surface area contributed by atoms with Crippen molar-refractivity contribution in [3.63, 3.8) is 0 Å². The molecular weight excluding hydrogens is 180 g/mol. The Kier molecular flexibility index (Phi) is 3.66. The van der Waals surface area contributed by atoms with Crippen LogP contribution in [0.4, 0.5) is 0 Å². The van der Waals surface area contributed by atoms with Crippen LogP contribution in [0.15, 0.2) is 6.07 Å². The van der Waals surface area contributed by atoms with Crippen molar-refractivity contribution < 1.29 is 9.84 Å². The van der Waals surface area contributed by atoms with Gasteiger partial charge in [-0.25, -0.2) is 0 Å². The topological polar surface area (TPSA) is 47.3 Å². The smallest absolute Gasteiger partial charge is 0.119 e. The summed E-state index contributed by atoms with van der Waals surface area (Å²) in [4.78, 5) is 0. The second-order valence-electron chi connectivity index (χ2n) is 3.73. The number of hydrogen-bond acceptors (Lipinski definition) is 3. The molecule has 0 aliphatic heterocycles. The molecule has 0 aliphatic carbocycles. The van der Waals surface area contributed by atoms with E-state index in [1.165, 1.54) is 0 Å². The van der Waals surface area contributed by atoms with E-state index in [1.54, 1.807) is 4.68 Å². The molecule has 4 heteroatoms. The summed E-state index contributed by atoms with van der Waals surface area (Å²) in [5.74, 6) is 0. The summed E-state index contributed by atoms with van der Waals surface area (Å²) in [7, 11) is 1.82. The Hall–Kier alpha value is -0.870. The molecule has 1 atom stereocenters. The van der Waals surface area contributed by atoms with E-state index >= 15 is 0 Å². The lowest BCUT2D eigenvalue weighted by Crippen LogP contribution is -2.14. The van der Waals surface area contributed by atoms with Crippen LogP contribution in [0.25, 0.3) is 0 Å². The van der Waals surface area contributed by atoms with Crippen LogP contribution in [0.3, 0.4) is 0 Å². The second kappa shape index (κ2) is 4.57. The van der Waals surface area contributed by atoms with E-state index in [0.717, 1.165) is 11.4 Å². The van der Waals surface area contributed by atoms with Gasteiger partial charge < -0.3 is 9.84 Å². The summed E-state index contributed by atoms with van der Waals surface area (Å²) in [5, 5.41) is 13.9. The largest absolute Gasteiger partial charge is 0.384 e. The summed E-state index contributed by atoms with van der Waals surface area (Å²) in [6.45, 7) is 6.11. The van der Waals surface area contributed by atoms with Gasteiger partial charge in [-0.3, -0.25) is 4.68 Å². The molecule has 0 aliphatic rings. The zero-order valence-electron chi connectivity index (χ0n) is 9.19. The van der Waals surface area contributed by atoms with Crippen molar-refractivity contribution in [1.82, 2.24) is 9.78 Å². The van der Waals surface area contributed by atoms with Gasteiger partial charge in [-0.05, 0) is 26.8 Å². The maximum atomic E-state index is 9.78. The second-order valence-corrected chi connectivity index (χ2v) is 3.73. The lowest BCUT2D eigenvalue weighted by atomic mass is 10.2. The molecule has 14 heavy (non-hydrogen) atoms. The van der Waals surface area contributed by atoms with Crippen molar-refractivity contribution in [2.45, 2.75) is 33.0 Å². The van der Waals surface area contributed by atoms with Gasteiger partial charge in [0.15, 0.2) is 0 Å². The number of aliphatic hydroxyl groups excluding tert-OH is 1. The van der Waals surface area contributed by atoms with Gasteiger partial charge in [0.05, 0.1) is 24.1 Å². The summed E-state index contributed by atoms with van der Waals surface area (Å²) in [6, 6.07) is 1.87. The molecule has 1 heterocycles. The maximum Gasteiger partial charge on any atom is 0.119 e. The van der Waals surface area contributed by atoms with Crippen molar-refractivity contribution in [1.29, 1.82) is 0 Å². The van der Waals surface area contributed by atoms with Gasteiger partial charge >= 0.3 is 0 Å². The Morgan fingerprint density at radius 2 is 2.21 bits per heavy atom. The normalized spacial score (nSPS) is 13.6. The number of rotatable bonds is 4. The first-order valence-corrected chi connectivity index (χ1v) is 4.81. The Morgan fingerprint density at radius 3 is 2.64 bits per heavy atom. The molecule has 1 unspecified atom stereocenters. The van der Waals surface area contributed by atoms with E-state index in [0.29, 0.717) is 6.61 Å². The summed E-state index contributed by atoms with van der Waals surface area (Å²) in [5.41, 5.74) is 1.70. The Morgan fingerprint density at radius 1 is 1.57 bits per heavy atom. The van der Waals surface area contributed by atoms with Gasteiger partial charge in [-0.15, -0.1) is 0 Å². The SMILES string of the molecule is Cc1cc(C(O)COC(C)C)n(C)n1. The molecule has 1 aromatic rings. The monoisotopic (exact) mass is 198 g/mol. The lowest BCUT2D eigenvalue weighted by Gasteiger charge is -2.13. The minimum atomic E-state index is -0.594. The van der Waals surface area contributed by atoms with Gasteiger partial charge in [-0.1, -0.05) is 0 Å². The van der Waals surface area contributed by atoms with Crippen molar-refractivity contribution in [2.24, 2.45) is 7.05 Å². The highest BCUT2D eigenvalue weighted by Gasteiger charge is 2.13. The molecule has 4 nitrogen and oxygen atoms in total. The van der Waals surface area contributed by atoms with E-state index in [4.69, 9.17) is 4.74 Å². The molecule has 1 N–H and O–H groups in total. The predicted molar refractivity (Wildman–Crippen MR) is 54.0 cm³/mol. The molecule has 0 fully saturated rings. The number of hydrogen-bond donors (Lipinski definition) is 1. The van der Waals surface area contributed by atoms with Crippen LogP contribution in [0.5, 0.6) is 0 Å². The van der Waals surface area contributed by atoms with Crippen molar-refractivity contribution in [3.05, 3.63) is 17.5 Å². The fraction of sp³-hybridized carbons (Fsp3) is 0.700. The number of aliphatic hydroxyl groups is 1. The van der Waals surface area contributed by atoms with Crippen molar-refractivity contribution in [2.75, 3.05) is 6.61 Å². The number of aryl methyl sites for hydroxylation is 2. The van der Waals surface area contributed by atoms with E-state index < -0.39 is 6.10 Å². The molecule has 0 bridgehead atoms. The number of nitrogens with zero attached hydrogens (tertiary/aromatic N) is 2. The van der Waals surface area contributed by atoms with Crippen molar-refractivity contribution in [3.8, 4) is 0 Å². The minimum absolute atomic E-state index is 0.138. The molecule has 80 valence electrons. The zero-order chi connectivity index (χ0) is 10.7. The number of ether oxygens (including phenoxy) is 1. The van der Waals surface area contributed by atoms with Crippen LogP contribution in [0.1, 0.15) is 31.3 Å². The predicted octanol–water partition coefficient (Wildman–Crippen LogP) is 1.19. The average molecular weight is 198 g/mol. The Balaban J connectivity index is 2.60. The summed E-state index contributed by atoms with van der Waals surface area (Å²) in [6.07, 6.45) is -0.456. The van der Waals surface area contributed by atoms with E-state index in [9.17, 15) is 5.11 Å². The van der Waals surface area contributed by atoms with Crippen LogP contribution in [0.2, 0.25) is 0 Å². The Labute approximate surface area is 84.5 Å². The lowest BCUT2D eigenvalue weighted by molar-refractivity contribution is 0.00184.